The summed E-state index contributed by atoms with van der Waals surface area (Å²) in [6, 6.07) is 0. The zero-order valence-corrected chi connectivity index (χ0v) is 9.50. The largest absolute Gasteiger partial charge is 0.377 e. The summed E-state index contributed by atoms with van der Waals surface area (Å²) < 4.78 is 5.40. The highest BCUT2D eigenvalue weighted by Gasteiger charge is 1.89. The molecule has 0 aliphatic heterocycles. The molecule has 0 aliphatic carbocycles. The highest BCUT2D eigenvalue weighted by molar-refractivity contribution is 4.81. The fourth-order valence-corrected chi connectivity index (χ4v) is 1.30. The molecule has 0 aromatic rings. The lowest BCUT2D eigenvalue weighted by Gasteiger charge is -2.01. The van der Waals surface area contributed by atoms with Crippen LogP contribution in [0.4, 0.5) is 0 Å². The van der Waals surface area contributed by atoms with Crippen LogP contribution in [0.1, 0.15) is 45.4 Å². The Morgan fingerprint density at radius 3 is 2.43 bits per heavy atom. The third-order valence-corrected chi connectivity index (χ3v) is 2.16. The van der Waals surface area contributed by atoms with Crippen molar-refractivity contribution in [2.45, 2.75) is 45.4 Å². The summed E-state index contributed by atoms with van der Waals surface area (Å²) in [5.41, 5.74) is 5.30. The fourth-order valence-electron chi connectivity index (χ4n) is 1.30. The van der Waals surface area contributed by atoms with Crippen LogP contribution in [0.5, 0.6) is 0 Å². The van der Waals surface area contributed by atoms with Crippen molar-refractivity contribution in [1.29, 1.82) is 0 Å². The van der Waals surface area contributed by atoms with Gasteiger partial charge in [-0.1, -0.05) is 51.2 Å². The van der Waals surface area contributed by atoms with Gasteiger partial charge in [0.05, 0.1) is 6.61 Å². The van der Waals surface area contributed by atoms with Crippen LogP contribution >= 0.6 is 0 Å². The second kappa shape index (κ2) is 12.7. The molecule has 0 aliphatic rings. The van der Waals surface area contributed by atoms with Crippen LogP contribution in [0.2, 0.25) is 0 Å². The maximum atomic E-state index is 5.40. The molecule has 0 spiro atoms. The maximum Gasteiger partial charge on any atom is 0.0647 e. The summed E-state index contributed by atoms with van der Waals surface area (Å²) >= 11 is 0. The fraction of sp³-hybridized carbons (Fsp3) is 0.833. The molecule has 2 nitrogen and oxygen atoms in total. The predicted molar refractivity (Wildman–Crippen MR) is 62.4 cm³/mol. The van der Waals surface area contributed by atoms with Crippen LogP contribution in [0.25, 0.3) is 0 Å². The summed E-state index contributed by atoms with van der Waals surface area (Å²) in [5, 5.41) is 0. The number of unbranched alkanes of at least 4 members (excludes halogenated alkanes) is 5. The van der Waals surface area contributed by atoms with E-state index in [0.29, 0.717) is 13.2 Å². The van der Waals surface area contributed by atoms with Gasteiger partial charge in [0.15, 0.2) is 0 Å². The maximum absolute atomic E-state index is 5.40. The van der Waals surface area contributed by atoms with E-state index in [1.807, 2.05) is 12.2 Å². The minimum atomic E-state index is 0.611. The summed E-state index contributed by atoms with van der Waals surface area (Å²) in [4.78, 5) is 0. The summed E-state index contributed by atoms with van der Waals surface area (Å²) in [5.74, 6) is 0. The Balaban J connectivity index is 2.88. The highest BCUT2D eigenvalue weighted by Crippen LogP contribution is 2.04. The molecule has 0 rings (SSSR count). The Morgan fingerprint density at radius 1 is 1.00 bits per heavy atom. The van der Waals surface area contributed by atoms with Crippen molar-refractivity contribution in [1.82, 2.24) is 0 Å². The lowest BCUT2D eigenvalue weighted by Crippen LogP contribution is -1.97. The Kier molecular flexibility index (Phi) is 12.4. The van der Waals surface area contributed by atoms with Crippen molar-refractivity contribution in [2.75, 3.05) is 19.8 Å². The van der Waals surface area contributed by atoms with Crippen LogP contribution in [-0.4, -0.2) is 19.8 Å². The Hall–Kier alpha value is -0.340. The molecule has 0 aromatic carbocycles. The van der Waals surface area contributed by atoms with Crippen molar-refractivity contribution in [3.63, 3.8) is 0 Å². The zero-order valence-electron chi connectivity index (χ0n) is 9.50. The first-order valence-corrected chi connectivity index (χ1v) is 5.84. The SMILES string of the molecule is CCCCCCCCOCC=CCN. The Morgan fingerprint density at radius 2 is 1.71 bits per heavy atom. The quantitative estimate of drug-likeness (QED) is 0.434. The van der Waals surface area contributed by atoms with Gasteiger partial charge in [0.2, 0.25) is 0 Å². The van der Waals surface area contributed by atoms with Gasteiger partial charge in [0.1, 0.15) is 0 Å². The van der Waals surface area contributed by atoms with Gasteiger partial charge < -0.3 is 10.5 Å². The first-order valence-electron chi connectivity index (χ1n) is 5.84. The molecule has 0 bridgehead atoms. The van der Waals surface area contributed by atoms with Crippen LogP contribution in [0, 0.1) is 0 Å². The van der Waals surface area contributed by atoms with Gasteiger partial charge in [-0.3, -0.25) is 0 Å². The predicted octanol–water partition coefficient (Wildman–Crippen LogP) is 2.88. The average Bonchev–Trinajstić information content (AvgIpc) is 2.21. The molecule has 84 valence electrons. The first kappa shape index (κ1) is 13.7. The first-order chi connectivity index (χ1) is 6.91. The van der Waals surface area contributed by atoms with E-state index in [9.17, 15) is 0 Å². The van der Waals surface area contributed by atoms with E-state index in [4.69, 9.17) is 10.5 Å². The van der Waals surface area contributed by atoms with Crippen molar-refractivity contribution in [2.24, 2.45) is 5.73 Å². The van der Waals surface area contributed by atoms with E-state index >= 15 is 0 Å². The summed E-state index contributed by atoms with van der Waals surface area (Å²) in [7, 11) is 0. The Bertz CT molecular complexity index is 123. The number of hydrogen-bond donors (Lipinski definition) is 1. The lowest BCUT2D eigenvalue weighted by atomic mass is 10.1. The molecule has 0 saturated heterocycles. The molecule has 2 heteroatoms. The molecule has 0 fully saturated rings. The van der Waals surface area contributed by atoms with Crippen molar-refractivity contribution in [3.8, 4) is 0 Å². The normalized spacial score (nSPS) is 11.3. The minimum Gasteiger partial charge on any atom is -0.377 e. The second-order valence-corrected chi connectivity index (χ2v) is 3.55. The van der Waals surface area contributed by atoms with Crippen LogP contribution < -0.4 is 5.73 Å². The highest BCUT2D eigenvalue weighted by atomic mass is 16.5. The molecule has 0 unspecified atom stereocenters. The lowest BCUT2D eigenvalue weighted by molar-refractivity contribution is 0.157. The average molecular weight is 199 g/mol. The second-order valence-electron chi connectivity index (χ2n) is 3.55. The van der Waals surface area contributed by atoms with Gasteiger partial charge in [-0.25, -0.2) is 0 Å². The molecule has 14 heavy (non-hydrogen) atoms. The van der Waals surface area contributed by atoms with Crippen molar-refractivity contribution >= 4 is 0 Å². The van der Waals surface area contributed by atoms with Gasteiger partial charge in [0.25, 0.3) is 0 Å². The minimum absolute atomic E-state index is 0.611. The van der Waals surface area contributed by atoms with Gasteiger partial charge >= 0.3 is 0 Å². The van der Waals surface area contributed by atoms with E-state index in [1.54, 1.807) is 0 Å². The van der Waals surface area contributed by atoms with E-state index in [-0.39, 0.29) is 0 Å². The molecule has 2 N–H and O–H groups in total. The van der Waals surface area contributed by atoms with E-state index in [2.05, 4.69) is 6.92 Å². The van der Waals surface area contributed by atoms with Crippen LogP contribution in [-0.2, 0) is 4.74 Å². The monoisotopic (exact) mass is 199 g/mol. The van der Waals surface area contributed by atoms with Crippen LogP contribution in [0.3, 0.4) is 0 Å². The van der Waals surface area contributed by atoms with E-state index < -0.39 is 0 Å². The third kappa shape index (κ3) is 11.7. The number of ether oxygens (including phenoxy) is 1. The standard InChI is InChI=1S/C12H25NO/c1-2-3-4-5-6-8-11-14-12-9-7-10-13/h7,9H,2-6,8,10-13H2,1H3. The number of hydrogen-bond acceptors (Lipinski definition) is 2. The summed E-state index contributed by atoms with van der Waals surface area (Å²) in [6.45, 7) is 4.46. The zero-order chi connectivity index (χ0) is 10.5. The van der Waals surface area contributed by atoms with Crippen molar-refractivity contribution in [3.05, 3.63) is 12.2 Å². The molecule has 0 saturated carbocycles. The van der Waals surface area contributed by atoms with Gasteiger partial charge in [-0.05, 0) is 6.42 Å². The van der Waals surface area contributed by atoms with E-state index in [0.717, 1.165) is 6.61 Å². The van der Waals surface area contributed by atoms with Crippen LogP contribution in [0.15, 0.2) is 12.2 Å². The third-order valence-electron chi connectivity index (χ3n) is 2.16. The van der Waals surface area contributed by atoms with E-state index in [1.165, 1.54) is 38.5 Å². The number of rotatable bonds is 10. The molecule has 0 atom stereocenters. The molecular weight excluding hydrogens is 174 g/mol. The smallest absolute Gasteiger partial charge is 0.0647 e. The molecule has 0 amide bonds. The molecule has 0 heterocycles. The van der Waals surface area contributed by atoms with Gasteiger partial charge in [0, 0.05) is 13.2 Å². The summed E-state index contributed by atoms with van der Waals surface area (Å²) in [6.07, 6.45) is 11.8. The molecule has 0 radical (unpaired) electrons. The molecular formula is C12H25NO. The molecule has 0 aromatic heterocycles. The topological polar surface area (TPSA) is 35.2 Å². The van der Waals surface area contributed by atoms with Crippen molar-refractivity contribution < 1.29 is 4.74 Å². The Labute approximate surface area is 88.5 Å². The van der Waals surface area contributed by atoms with Gasteiger partial charge in [-0.2, -0.15) is 0 Å². The number of nitrogens with two attached hydrogens (primary N) is 1. The van der Waals surface area contributed by atoms with Gasteiger partial charge in [-0.15, -0.1) is 0 Å².